The van der Waals surface area contributed by atoms with Gasteiger partial charge in [0.2, 0.25) is 0 Å². The Kier molecular flexibility index (Phi) is 2.00. The molecule has 0 radical (unpaired) electrons. The number of hydrogen-bond acceptors (Lipinski definition) is 2. The lowest BCUT2D eigenvalue weighted by Crippen LogP contribution is -1.85. The van der Waals surface area contributed by atoms with Crippen molar-refractivity contribution in [2.24, 2.45) is 0 Å². The number of aromatic amines is 1. The van der Waals surface area contributed by atoms with E-state index in [0.29, 0.717) is 6.01 Å². The van der Waals surface area contributed by atoms with Gasteiger partial charge in [-0.15, -0.1) is 0 Å². The molecule has 0 atom stereocenters. The number of imidazole rings is 1. The van der Waals surface area contributed by atoms with Crippen molar-refractivity contribution in [2.45, 2.75) is 6.92 Å². The Morgan fingerprint density at radius 1 is 1.38 bits per heavy atom. The van der Waals surface area contributed by atoms with Crippen LogP contribution in [0.1, 0.15) is 5.56 Å². The van der Waals surface area contributed by atoms with Gasteiger partial charge in [0.25, 0.3) is 6.01 Å². The van der Waals surface area contributed by atoms with Crippen LogP contribution < -0.4 is 4.74 Å². The maximum absolute atomic E-state index is 5.43. The molecule has 66 valence electrons. The third-order valence-corrected chi connectivity index (χ3v) is 1.68. The van der Waals surface area contributed by atoms with Crippen LogP contribution in [-0.2, 0) is 0 Å². The van der Waals surface area contributed by atoms with Gasteiger partial charge in [-0.05, 0) is 24.6 Å². The first kappa shape index (κ1) is 7.86. The smallest absolute Gasteiger partial charge is 0.299 e. The number of hydrogen-bond donors (Lipinski definition) is 1. The van der Waals surface area contributed by atoms with Crippen LogP contribution >= 0.6 is 0 Å². The van der Waals surface area contributed by atoms with Crippen molar-refractivity contribution in [1.29, 1.82) is 0 Å². The number of benzene rings is 1. The molecule has 0 aliphatic rings. The molecule has 0 saturated heterocycles. The fourth-order valence-electron chi connectivity index (χ4n) is 1.10. The summed E-state index contributed by atoms with van der Waals surface area (Å²) in [6.45, 7) is 2.02. The van der Waals surface area contributed by atoms with Crippen LogP contribution in [0.15, 0.2) is 36.7 Å². The molecular weight excluding hydrogens is 164 g/mol. The summed E-state index contributed by atoms with van der Waals surface area (Å²) in [5.41, 5.74) is 1.17. The minimum Gasteiger partial charge on any atom is -0.426 e. The zero-order valence-electron chi connectivity index (χ0n) is 7.32. The highest BCUT2D eigenvalue weighted by molar-refractivity contribution is 5.29. The Balaban J connectivity index is 2.19. The van der Waals surface area contributed by atoms with E-state index in [1.165, 1.54) is 5.56 Å². The van der Waals surface area contributed by atoms with Crippen molar-refractivity contribution in [3.8, 4) is 11.8 Å². The van der Waals surface area contributed by atoms with Crippen molar-refractivity contribution in [2.75, 3.05) is 0 Å². The molecule has 0 fully saturated rings. The normalized spacial score (nSPS) is 9.92. The van der Waals surface area contributed by atoms with Gasteiger partial charge < -0.3 is 9.72 Å². The molecule has 0 unspecified atom stereocenters. The van der Waals surface area contributed by atoms with E-state index in [4.69, 9.17) is 4.74 Å². The van der Waals surface area contributed by atoms with Gasteiger partial charge >= 0.3 is 0 Å². The van der Waals surface area contributed by atoms with E-state index in [-0.39, 0.29) is 0 Å². The van der Waals surface area contributed by atoms with Crippen molar-refractivity contribution >= 4 is 0 Å². The number of nitrogens with zero attached hydrogens (tertiary/aromatic N) is 1. The first-order valence-electron chi connectivity index (χ1n) is 4.08. The highest BCUT2D eigenvalue weighted by Crippen LogP contribution is 2.17. The number of nitrogens with one attached hydrogen (secondary N) is 1. The first-order chi connectivity index (χ1) is 6.34. The van der Waals surface area contributed by atoms with E-state index >= 15 is 0 Å². The molecule has 3 heteroatoms. The lowest BCUT2D eigenvalue weighted by atomic mass is 10.2. The molecule has 2 rings (SSSR count). The third-order valence-electron chi connectivity index (χ3n) is 1.68. The maximum atomic E-state index is 5.43. The van der Waals surface area contributed by atoms with Gasteiger partial charge in [-0.25, -0.2) is 4.98 Å². The molecule has 0 saturated carbocycles. The second-order valence-electron chi connectivity index (χ2n) is 2.81. The Morgan fingerprint density at radius 3 is 3.00 bits per heavy atom. The Hall–Kier alpha value is -1.77. The quantitative estimate of drug-likeness (QED) is 0.759. The van der Waals surface area contributed by atoms with Crippen LogP contribution in [-0.4, -0.2) is 9.97 Å². The second-order valence-corrected chi connectivity index (χ2v) is 2.81. The Labute approximate surface area is 76.4 Å². The maximum Gasteiger partial charge on any atom is 0.299 e. The van der Waals surface area contributed by atoms with Gasteiger partial charge in [0.1, 0.15) is 5.75 Å². The van der Waals surface area contributed by atoms with Crippen LogP contribution in [0.2, 0.25) is 0 Å². The molecule has 1 aromatic heterocycles. The predicted molar refractivity (Wildman–Crippen MR) is 49.8 cm³/mol. The zero-order valence-corrected chi connectivity index (χ0v) is 7.32. The highest BCUT2D eigenvalue weighted by atomic mass is 16.5. The van der Waals surface area contributed by atoms with E-state index in [1.807, 2.05) is 31.2 Å². The van der Waals surface area contributed by atoms with Gasteiger partial charge in [0.15, 0.2) is 0 Å². The van der Waals surface area contributed by atoms with Crippen molar-refractivity contribution < 1.29 is 4.74 Å². The number of aromatic nitrogens is 2. The van der Waals surface area contributed by atoms with Gasteiger partial charge in [0, 0.05) is 12.4 Å². The topological polar surface area (TPSA) is 37.9 Å². The number of rotatable bonds is 2. The van der Waals surface area contributed by atoms with Gasteiger partial charge in [-0.1, -0.05) is 12.1 Å². The van der Waals surface area contributed by atoms with Crippen molar-refractivity contribution in [3.63, 3.8) is 0 Å². The molecule has 1 aromatic carbocycles. The van der Waals surface area contributed by atoms with Crippen LogP contribution in [0, 0.1) is 6.92 Å². The van der Waals surface area contributed by atoms with Gasteiger partial charge in [-0.3, -0.25) is 0 Å². The Bertz CT molecular complexity index is 382. The molecule has 0 aliphatic heterocycles. The molecule has 0 aliphatic carbocycles. The van der Waals surface area contributed by atoms with Crippen LogP contribution in [0.25, 0.3) is 0 Å². The molecule has 1 heterocycles. The lowest BCUT2D eigenvalue weighted by molar-refractivity contribution is 0.447. The van der Waals surface area contributed by atoms with Crippen molar-refractivity contribution in [1.82, 2.24) is 9.97 Å². The minimum atomic E-state index is 0.519. The fraction of sp³-hybridized carbons (Fsp3) is 0.100. The van der Waals surface area contributed by atoms with Crippen LogP contribution in [0.4, 0.5) is 0 Å². The number of ether oxygens (including phenoxy) is 1. The van der Waals surface area contributed by atoms with Crippen LogP contribution in [0.5, 0.6) is 11.8 Å². The summed E-state index contributed by atoms with van der Waals surface area (Å²) < 4.78 is 5.43. The van der Waals surface area contributed by atoms with E-state index in [9.17, 15) is 0 Å². The number of aryl methyl sites for hydroxylation is 1. The summed E-state index contributed by atoms with van der Waals surface area (Å²) in [6, 6.07) is 8.35. The summed E-state index contributed by atoms with van der Waals surface area (Å²) >= 11 is 0. The van der Waals surface area contributed by atoms with E-state index in [0.717, 1.165) is 5.75 Å². The SMILES string of the molecule is Cc1cccc(Oc2ncc[nH]2)c1. The summed E-state index contributed by atoms with van der Waals surface area (Å²) in [5, 5.41) is 0. The zero-order chi connectivity index (χ0) is 9.10. The molecule has 13 heavy (non-hydrogen) atoms. The molecule has 1 N–H and O–H groups in total. The van der Waals surface area contributed by atoms with E-state index in [1.54, 1.807) is 12.4 Å². The predicted octanol–water partition coefficient (Wildman–Crippen LogP) is 2.51. The first-order valence-corrected chi connectivity index (χ1v) is 4.08. The summed E-state index contributed by atoms with van der Waals surface area (Å²) in [7, 11) is 0. The largest absolute Gasteiger partial charge is 0.426 e. The number of H-pyrrole nitrogens is 1. The average Bonchev–Trinajstić information content (AvgIpc) is 2.57. The lowest BCUT2D eigenvalue weighted by Gasteiger charge is -2.01. The summed E-state index contributed by atoms with van der Waals surface area (Å²) in [5.74, 6) is 0.801. The summed E-state index contributed by atoms with van der Waals surface area (Å²) in [4.78, 5) is 6.84. The van der Waals surface area contributed by atoms with Gasteiger partial charge in [0.05, 0.1) is 0 Å². The third kappa shape index (κ3) is 1.87. The standard InChI is InChI=1S/C10H10N2O/c1-8-3-2-4-9(7-8)13-10-11-5-6-12-10/h2-7H,1H3,(H,11,12). The summed E-state index contributed by atoms with van der Waals surface area (Å²) in [6.07, 6.45) is 3.39. The molecule has 3 nitrogen and oxygen atoms in total. The van der Waals surface area contributed by atoms with E-state index < -0.39 is 0 Å². The molecule has 2 aromatic rings. The minimum absolute atomic E-state index is 0.519. The average molecular weight is 174 g/mol. The molecule has 0 amide bonds. The monoisotopic (exact) mass is 174 g/mol. The van der Waals surface area contributed by atoms with Gasteiger partial charge in [-0.2, -0.15) is 0 Å². The molecular formula is C10H10N2O. The Morgan fingerprint density at radius 2 is 2.31 bits per heavy atom. The van der Waals surface area contributed by atoms with Crippen LogP contribution in [0.3, 0.4) is 0 Å². The molecule has 0 spiro atoms. The fourth-order valence-corrected chi connectivity index (χ4v) is 1.10. The second kappa shape index (κ2) is 3.31. The highest BCUT2D eigenvalue weighted by Gasteiger charge is 1.97. The van der Waals surface area contributed by atoms with Crippen molar-refractivity contribution in [3.05, 3.63) is 42.2 Å². The van der Waals surface area contributed by atoms with E-state index in [2.05, 4.69) is 9.97 Å². The molecule has 0 bridgehead atoms.